The van der Waals surface area contributed by atoms with Crippen molar-refractivity contribution in [3.63, 3.8) is 0 Å². The molecule has 24 heavy (non-hydrogen) atoms. The summed E-state index contributed by atoms with van der Waals surface area (Å²) in [6, 6.07) is 6.63. The van der Waals surface area contributed by atoms with E-state index in [1.165, 1.54) is 13.2 Å². The summed E-state index contributed by atoms with van der Waals surface area (Å²) in [5, 5.41) is 3.75. The summed E-state index contributed by atoms with van der Waals surface area (Å²) in [6.07, 6.45) is 0. The molecule has 3 rings (SSSR count). The van der Waals surface area contributed by atoms with Crippen LogP contribution in [-0.4, -0.2) is 54.2 Å². The zero-order valence-electron chi connectivity index (χ0n) is 13.8. The molecule has 0 bridgehead atoms. The number of hydrogen-bond donors (Lipinski definition) is 0. The Morgan fingerprint density at radius 3 is 2.62 bits per heavy atom. The molecule has 2 heterocycles. The third kappa shape index (κ3) is 3.56. The summed E-state index contributed by atoms with van der Waals surface area (Å²) in [5.74, 6) is 0.0323. The van der Waals surface area contributed by atoms with Gasteiger partial charge in [-0.1, -0.05) is 11.2 Å². The molecule has 0 N–H and O–H groups in total. The lowest BCUT2D eigenvalue weighted by molar-refractivity contribution is 0.0588. The van der Waals surface area contributed by atoms with Crippen LogP contribution in [0.4, 0.5) is 4.39 Å². The average molecular weight is 333 g/mol. The molecular formula is C17H20FN3O3. The number of ether oxygens (including phenoxy) is 1. The molecule has 1 aromatic carbocycles. The van der Waals surface area contributed by atoms with Crippen molar-refractivity contribution in [3.05, 3.63) is 47.1 Å². The first-order chi connectivity index (χ1) is 11.6. The summed E-state index contributed by atoms with van der Waals surface area (Å²) in [4.78, 5) is 16.2. The topological polar surface area (TPSA) is 58.8 Å². The molecule has 1 fully saturated rings. The van der Waals surface area contributed by atoms with Crippen LogP contribution < -0.4 is 4.74 Å². The molecule has 6 nitrogen and oxygen atoms in total. The molecule has 1 saturated heterocycles. The third-order valence-corrected chi connectivity index (χ3v) is 4.12. The number of halogens is 1. The Bertz CT molecular complexity index is 724. The SMILES string of the molecule is COc1ccc(CN2CCN(C(=O)c3cc(C)no3)CC2)cc1F. The van der Waals surface area contributed by atoms with E-state index in [9.17, 15) is 9.18 Å². The highest BCUT2D eigenvalue weighted by atomic mass is 19.1. The zero-order valence-corrected chi connectivity index (χ0v) is 13.8. The van der Waals surface area contributed by atoms with Crippen LogP contribution in [-0.2, 0) is 6.54 Å². The van der Waals surface area contributed by atoms with Gasteiger partial charge >= 0.3 is 0 Å². The summed E-state index contributed by atoms with van der Waals surface area (Å²) in [5.41, 5.74) is 1.58. The number of nitrogens with zero attached hydrogens (tertiary/aromatic N) is 3. The van der Waals surface area contributed by atoms with Gasteiger partial charge in [-0.25, -0.2) is 4.39 Å². The van der Waals surface area contributed by atoms with Gasteiger partial charge in [0, 0.05) is 38.8 Å². The van der Waals surface area contributed by atoms with Gasteiger partial charge in [-0.05, 0) is 24.6 Å². The first-order valence-electron chi connectivity index (χ1n) is 7.84. The highest BCUT2D eigenvalue weighted by Crippen LogP contribution is 2.19. The Labute approximate surface area is 139 Å². The van der Waals surface area contributed by atoms with Gasteiger partial charge in [0.05, 0.1) is 12.8 Å². The van der Waals surface area contributed by atoms with E-state index < -0.39 is 0 Å². The first-order valence-corrected chi connectivity index (χ1v) is 7.84. The number of carbonyl (C=O) groups excluding carboxylic acids is 1. The molecule has 0 unspecified atom stereocenters. The van der Waals surface area contributed by atoms with Crippen molar-refractivity contribution < 1.29 is 18.4 Å². The lowest BCUT2D eigenvalue weighted by Crippen LogP contribution is -2.48. The number of benzene rings is 1. The predicted molar refractivity (Wildman–Crippen MR) is 85.4 cm³/mol. The number of aryl methyl sites for hydroxylation is 1. The molecule has 1 aliphatic heterocycles. The second-order valence-electron chi connectivity index (χ2n) is 5.87. The Morgan fingerprint density at radius 1 is 1.29 bits per heavy atom. The normalized spacial score (nSPS) is 15.5. The number of methoxy groups -OCH3 is 1. The van der Waals surface area contributed by atoms with E-state index >= 15 is 0 Å². The summed E-state index contributed by atoms with van der Waals surface area (Å²) < 4.78 is 23.7. The molecule has 1 aliphatic rings. The summed E-state index contributed by atoms with van der Waals surface area (Å²) in [6.45, 7) is 5.10. The maximum absolute atomic E-state index is 13.7. The number of hydrogen-bond acceptors (Lipinski definition) is 5. The standard InChI is InChI=1S/C17H20FN3O3/c1-12-9-16(24-19-12)17(22)21-7-5-20(6-8-21)11-13-3-4-15(23-2)14(18)10-13/h3-4,9-10H,5-8,11H2,1-2H3. The molecule has 0 atom stereocenters. The van der Waals surface area contributed by atoms with E-state index in [1.54, 1.807) is 24.0 Å². The Kier molecular flexibility index (Phi) is 4.80. The second-order valence-corrected chi connectivity index (χ2v) is 5.87. The van der Waals surface area contributed by atoms with Gasteiger partial charge in [-0.15, -0.1) is 0 Å². The van der Waals surface area contributed by atoms with Crippen molar-refractivity contribution in [3.8, 4) is 5.75 Å². The smallest absolute Gasteiger partial charge is 0.292 e. The maximum atomic E-state index is 13.7. The minimum atomic E-state index is -0.357. The van der Waals surface area contributed by atoms with Gasteiger partial charge in [0.15, 0.2) is 11.6 Å². The zero-order chi connectivity index (χ0) is 17.1. The second kappa shape index (κ2) is 7.00. The van der Waals surface area contributed by atoms with Crippen LogP contribution >= 0.6 is 0 Å². The van der Waals surface area contributed by atoms with Crippen molar-refractivity contribution >= 4 is 5.91 Å². The minimum absolute atomic E-state index is 0.134. The molecule has 0 aliphatic carbocycles. The fourth-order valence-corrected chi connectivity index (χ4v) is 2.80. The quantitative estimate of drug-likeness (QED) is 0.857. The lowest BCUT2D eigenvalue weighted by atomic mass is 10.1. The van der Waals surface area contributed by atoms with Crippen LogP contribution in [0.5, 0.6) is 5.75 Å². The van der Waals surface area contributed by atoms with E-state index in [4.69, 9.17) is 9.26 Å². The highest BCUT2D eigenvalue weighted by molar-refractivity contribution is 5.91. The monoisotopic (exact) mass is 333 g/mol. The van der Waals surface area contributed by atoms with Gasteiger partial charge in [0.1, 0.15) is 0 Å². The minimum Gasteiger partial charge on any atom is -0.494 e. The van der Waals surface area contributed by atoms with Crippen LogP contribution in [0.1, 0.15) is 21.8 Å². The molecule has 0 saturated carbocycles. The van der Waals surface area contributed by atoms with Gasteiger partial charge in [0.2, 0.25) is 5.76 Å². The molecule has 1 amide bonds. The summed E-state index contributed by atoms with van der Waals surface area (Å²) in [7, 11) is 1.45. The molecule has 1 aromatic heterocycles. The van der Waals surface area contributed by atoms with Gasteiger partial charge in [-0.3, -0.25) is 9.69 Å². The molecular weight excluding hydrogens is 313 g/mol. The average Bonchev–Trinajstić information content (AvgIpc) is 3.02. The number of aromatic nitrogens is 1. The maximum Gasteiger partial charge on any atom is 0.292 e. The third-order valence-electron chi connectivity index (χ3n) is 4.12. The van der Waals surface area contributed by atoms with Crippen molar-refractivity contribution in [1.29, 1.82) is 0 Å². The predicted octanol–water partition coefficient (Wildman–Crippen LogP) is 2.09. The van der Waals surface area contributed by atoms with Crippen LogP contribution in [0.25, 0.3) is 0 Å². The molecule has 0 spiro atoms. The van der Waals surface area contributed by atoms with Crippen LogP contribution in [0.15, 0.2) is 28.8 Å². The number of rotatable bonds is 4. The van der Waals surface area contributed by atoms with E-state index in [1.807, 2.05) is 6.07 Å². The molecule has 0 radical (unpaired) electrons. The fraction of sp³-hybridized carbons (Fsp3) is 0.412. The number of carbonyl (C=O) groups is 1. The van der Waals surface area contributed by atoms with Crippen LogP contribution in [0.3, 0.4) is 0 Å². The Hall–Kier alpha value is -2.41. The number of amides is 1. The van der Waals surface area contributed by atoms with Gasteiger partial charge in [0.25, 0.3) is 5.91 Å². The largest absolute Gasteiger partial charge is 0.494 e. The Morgan fingerprint density at radius 2 is 2.04 bits per heavy atom. The fourth-order valence-electron chi connectivity index (χ4n) is 2.80. The van der Waals surface area contributed by atoms with Crippen molar-refractivity contribution in [1.82, 2.24) is 15.0 Å². The van der Waals surface area contributed by atoms with Gasteiger partial charge < -0.3 is 14.2 Å². The van der Waals surface area contributed by atoms with Gasteiger partial charge in [-0.2, -0.15) is 0 Å². The van der Waals surface area contributed by atoms with Crippen molar-refractivity contribution in [2.45, 2.75) is 13.5 Å². The van der Waals surface area contributed by atoms with Crippen molar-refractivity contribution in [2.75, 3.05) is 33.3 Å². The molecule has 128 valence electrons. The Balaban J connectivity index is 1.55. The van der Waals surface area contributed by atoms with Crippen LogP contribution in [0, 0.1) is 12.7 Å². The van der Waals surface area contributed by atoms with E-state index in [0.717, 1.165) is 18.7 Å². The van der Waals surface area contributed by atoms with E-state index in [0.29, 0.717) is 25.3 Å². The highest BCUT2D eigenvalue weighted by Gasteiger charge is 2.24. The number of piperazine rings is 1. The van der Waals surface area contributed by atoms with E-state index in [-0.39, 0.29) is 23.2 Å². The molecule has 2 aromatic rings. The lowest BCUT2D eigenvalue weighted by Gasteiger charge is -2.34. The van der Waals surface area contributed by atoms with Crippen molar-refractivity contribution in [2.24, 2.45) is 0 Å². The summed E-state index contributed by atoms with van der Waals surface area (Å²) >= 11 is 0. The van der Waals surface area contributed by atoms with Crippen LogP contribution in [0.2, 0.25) is 0 Å². The molecule has 7 heteroatoms. The van der Waals surface area contributed by atoms with E-state index in [2.05, 4.69) is 10.1 Å². The first kappa shape index (κ1) is 16.4.